The average molecular weight is 320 g/mol. The number of unbranched alkanes of at least 4 members (excludes halogenated alkanes) is 1. The summed E-state index contributed by atoms with van der Waals surface area (Å²) in [5, 5.41) is 2.92. The van der Waals surface area contributed by atoms with Crippen LogP contribution in [0.3, 0.4) is 0 Å². The lowest BCUT2D eigenvalue weighted by molar-refractivity contribution is -0.121. The normalized spacial score (nSPS) is 11.8. The highest BCUT2D eigenvalue weighted by atomic mass is 16.2. The van der Waals surface area contributed by atoms with Crippen LogP contribution < -0.4 is 5.32 Å². The molecule has 2 amide bonds. The number of hydrogen-bond donors (Lipinski definition) is 1. The van der Waals surface area contributed by atoms with Crippen molar-refractivity contribution in [3.8, 4) is 0 Å². The molecule has 1 aromatic heterocycles. The Morgan fingerprint density at radius 3 is 2.52 bits per heavy atom. The van der Waals surface area contributed by atoms with Crippen LogP contribution in [0.15, 0.2) is 12.4 Å². The Labute approximate surface area is 138 Å². The first-order chi connectivity index (χ1) is 11.0. The highest BCUT2D eigenvalue weighted by Crippen LogP contribution is 2.05. The van der Waals surface area contributed by atoms with E-state index in [0.29, 0.717) is 25.2 Å². The van der Waals surface area contributed by atoms with Crippen molar-refractivity contribution >= 4 is 11.8 Å². The number of nitrogens with one attached hydrogen (secondary N) is 1. The van der Waals surface area contributed by atoms with Gasteiger partial charge in [-0.3, -0.25) is 14.6 Å². The Bertz CT molecular complexity index is 502. The first-order valence-corrected chi connectivity index (χ1v) is 8.35. The van der Waals surface area contributed by atoms with Crippen LogP contribution in [0.25, 0.3) is 0 Å². The molecule has 1 N–H and O–H groups in total. The van der Waals surface area contributed by atoms with Crippen LogP contribution in [-0.2, 0) is 4.79 Å². The molecular weight excluding hydrogens is 292 g/mol. The zero-order valence-corrected chi connectivity index (χ0v) is 14.6. The molecule has 0 unspecified atom stereocenters. The summed E-state index contributed by atoms with van der Waals surface area (Å²) in [6, 6.07) is 0.158. The van der Waals surface area contributed by atoms with Crippen LogP contribution in [0, 0.1) is 6.92 Å². The molecule has 0 radical (unpaired) electrons. The van der Waals surface area contributed by atoms with Crippen molar-refractivity contribution in [1.82, 2.24) is 20.2 Å². The Hall–Kier alpha value is -1.98. The van der Waals surface area contributed by atoms with Crippen molar-refractivity contribution < 1.29 is 9.59 Å². The van der Waals surface area contributed by atoms with Crippen molar-refractivity contribution in [3.05, 3.63) is 23.8 Å². The molecule has 0 aliphatic carbocycles. The summed E-state index contributed by atoms with van der Waals surface area (Å²) in [5.74, 6) is -0.189. The summed E-state index contributed by atoms with van der Waals surface area (Å²) in [4.78, 5) is 34.4. The Balaban J connectivity index is 2.66. The highest BCUT2D eigenvalue weighted by molar-refractivity contribution is 5.92. The van der Waals surface area contributed by atoms with Crippen LogP contribution in [-0.4, -0.2) is 45.8 Å². The molecule has 6 nitrogen and oxygen atoms in total. The van der Waals surface area contributed by atoms with Crippen molar-refractivity contribution in [2.24, 2.45) is 0 Å². The maximum absolute atomic E-state index is 12.5. The van der Waals surface area contributed by atoms with E-state index in [1.807, 2.05) is 20.8 Å². The minimum absolute atomic E-state index is 0.0244. The summed E-state index contributed by atoms with van der Waals surface area (Å²) in [6.07, 6.45) is 6.17. The first-order valence-electron chi connectivity index (χ1n) is 8.35. The second kappa shape index (κ2) is 9.92. The first kappa shape index (κ1) is 19.1. The van der Waals surface area contributed by atoms with Gasteiger partial charge < -0.3 is 10.2 Å². The lowest BCUT2D eigenvalue weighted by atomic mass is 10.2. The number of carbonyl (C=O) groups excluding carboxylic acids is 2. The number of aromatic nitrogens is 2. The van der Waals surface area contributed by atoms with E-state index in [2.05, 4.69) is 22.2 Å². The van der Waals surface area contributed by atoms with E-state index in [9.17, 15) is 9.59 Å². The van der Waals surface area contributed by atoms with Gasteiger partial charge in [-0.1, -0.05) is 20.3 Å². The molecule has 23 heavy (non-hydrogen) atoms. The van der Waals surface area contributed by atoms with Gasteiger partial charge in [0.1, 0.15) is 5.69 Å². The molecule has 1 heterocycles. The molecule has 1 atom stereocenters. The smallest absolute Gasteiger partial charge is 0.274 e. The van der Waals surface area contributed by atoms with Gasteiger partial charge in [-0.15, -0.1) is 0 Å². The molecule has 1 rings (SSSR count). The van der Waals surface area contributed by atoms with E-state index in [4.69, 9.17) is 0 Å². The quantitative estimate of drug-likeness (QED) is 0.758. The van der Waals surface area contributed by atoms with Gasteiger partial charge in [0.2, 0.25) is 5.91 Å². The second-order valence-corrected chi connectivity index (χ2v) is 5.82. The zero-order chi connectivity index (χ0) is 17.2. The van der Waals surface area contributed by atoms with E-state index in [1.54, 1.807) is 11.1 Å². The minimum Gasteiger partial charge on any atom is -0.354 e. The van der Waals surface area contributed by atoms with Gasteiger partial charge in [0.25, 0.3) is 5.91 Å². The molecule has 128 valence electrons. The third-order valence-electron chi connectivity index (χ3n) is 3.70. The fourth-order valence-electron chi connectivity index (χ4n) is 2.01. The molecule has 0 saturated carbocycles. The van der Waals surface area contributed by atoms with Gasteiger partial charge in [0, 0.05) is 31.7 Å². The lowest BCUT2D eigenvalue weighted by Crippen LogP contribution is -2.38. The SMILES string of the molecule is CCCCN(CCC(=O)N[C@H](C)CC)C(=O)c1cnc(C)cn1. The molecular formula is C17H28N4O2. The fraction of sp³-hybridized carbons (Fsp3) is 0.647. The van der Waals surface area contributed by atoms with Gasteiger partial charge in [0.15, 0.2) is 0 Å². The van der Waals surface area contributed by atoms with Gasteiger partial charge in [0.05, 0.1) is 11.9 Å². The van der Waals surface area contributed by atoms with E-state index in [1.165, 1.54) is 6.20 Å². The van der Waals surface area contributed by atoms with Crippen LogP contribution in [0.1, 0.15) is 62.6 Å². The summed E-state index contributed by atoms with van der Waals surface area (Å²) < 4.78 is 0. The van der Waals surface area contributed by atoms with E-state index in [-0.39, 0.29) is 17.9 Å². The average Bonchev–Trinajstić information content (AvgIpc) is 2.55. The van der Waals surface area contributed by atoms with Crippen LogP contribution in [0.4, 0.5) is 0 Å². The molecule has 6 heteroatoms. The monoisotopic (exact) mass is 320 g/mol. The Morgan fingerprint density at radius 2 is 1.96 bits per heavy atom. The highest BCUT2D eigenvalue weighted by Gasteiger charge is 2.18. The van der Waals surface area contributed by atoms with Gasteiger partial charge in [-0.05, 0) is 26.7 Å². The predicted octanol–water partition coefficient (Wildman–Crippen LogP) is 2.33. The molecule has 0 spiro atoms. The van der Waals surface area contributed by atoms with E-state index in [0.717, 1.165) is 25.0 Å². The molecule has 0 fully saturated rings. The van der Waals surface area contributed by atoms with Gasteiger partial charge in [-0.25, -0.2) is 4.98 Å². The number of hydrogen-bond acceptors (Lipinski definition) is 4. The summed E-state index contributed by atoms with van der Waals surface area (Å²) in [5.41, 5.74) is 1.10. The zero-order valence-electron chi connectivity index (χ0n) is 14.6. The Morgan fingerprint density at radius 1 is 1.22 bits per heavy atom. The summed E-state index contributed by atoms with van der Waals surface area (Å²) in [7, 11) is 0. The predicted molar refractivity (Wildman–Crippen MR) is 90.1 cm³/mol. The number of nitrogens with zero attached hydrogens (tertiary/aromatic N) is 3. The van der Waals surface area contributed by atoms with E-state index < -0.39 is 0 Å². The molecule has 0 aromatic carbocycles. The molecule has 0 aliphatic heterocycles. The second-order valence-electron chi connectivity index (χ2n) is 5.82. The molecule has 0 aliphatic rings. The minimum atomic E-state index is -0.165. The third kappa shape index (κ3) is 6.76. The number of rotatable bonds is 9. The summed E-state index contributed by atoms with van der Waals surface area (Å²) >= 11 is 0. The van der Waals surface area contributed by atoms with Gasteiger partial charge in [-0.2, -0.15) is 0 Å². The maximum atomic E-state index is 12.5. The fourth-order valence-corrected chi connectivity index (χ4v) is 2.01. The number of aryl methyl sites for hydroxylation is 1. The standard InChI is InChI=1S/C17H28N4O2/c1-5-7-9-21(10-8-16(22)20-13(3)6-2)17(23)15-12-18-14(4)11-19-15/h11-13H,5-10H2,1-4H3,(H,20,22)/t13-/m1/s1. The lowest BCUT2D eigenvalue weighted by Gasteiger charge is -2.22. The molecule has 0 saturated heterocycles. The van der Waals surface area contributed by atoms with Crippen LogP contribution in [0.2, 0.25) is 0 Å². The van der Waals surface area contributed by atoms with Crippen molar-refractivity contribution in [1.29, 1.82) is 0 Å². The number of amides is 2. The largest absolute Gasteiger partial charge is 0.354 e. The number of carbonyl (C=O) groups is 2. The van der Waals surface area contributed by atoms with Crippen molar-refractivity contribution in [3.63, 3.8) is 0 Å². The summed E-state index contributed by atoms with van der Waals surface area (Å²) in [6.45, 7) is 8.93. The molecule has 1 aromatic rings. The van der Waals surface area contributed by atoms with Crippen LogP contribution in [0.5, 0.6) is 0 Å². The topological polar surface area (TPSA) is 75.2 Å². The van der Waals surface area contributed by atoms with E-state index >= 15 is 0 Å². The van der Waals surface area contributed by atoms with Gasteiger partial charge >= 0.3 is 0 Å². The van der Waals surface area contributed by atoms with Crippen LogP contribution >= 0.6 is 0 Å². The Kier molecular flexibility index (Phi) is 8.22. The maximum Gasteiger partial charge on any atom is 0.274 e. The molecule has 0 bridgehead atoms. The van der Waals surface area contributed by atoms with Crippen molar-refractivity contribution in [2.45, 2.75) is 59.4 Å². The van der Waals surface area contributed by atoms with Crippen molar-refractivity contribution in [2.75, 3.05) is 13.1 Å². The third-order valence-corrected chi connectivity index (χ3v) is 3.70.